The van der Waals surface area contributed by atoms with Gasteiger partial charge in [0.25, 0.3) is 0 Å². The fourth-order valence-electron chi connectivity index (χ4n) is 1.49. The van der Waals surface area contributed by atoms with Crippen LogP contribution >= 0.6 is 0 Å². The van der Waals surface area contributed by atoms with Crippen LogP contribution in [0.1, 0.15) is 13.8 Å². The predicted molar refractivity (Wildman–Crippen MR) is 72.6 cm³/mol. The summed E-state index contributed by atoms with van der Waals surface area (Å²) in [4.78, 5) is 10.8. The summed E-state index contributed by atoms with van der Waals surface area (Å²) in [5, 5.41) is 1.29. The van der Waals surface area contributed by atoms with Gasteiger partial charge in [-0.2, -0.15) is 0 Å². The van der Waals surface area contributed by atoms with E-state index in [0.717, 1.165) is 0 Å². The van der Waals surface area contributed by atoms with Crippen LogP contribution in [0.2, 0.25) is 13.1 Å². The van der Waals surface area contributed by atoms with Gasteiger partial charge >= 0.3 is 5.97 Å². The fraction of sp³-hybridized carbons (Fsp3) is 0.357. The molecule has 0 fully saturated rings. The molecule has 0 N–H and O–H groups in total. The van der Waals surface area contributed by atoms with Crippen molar-refractivity contribution in [3.05, 3.63) is 30.3 Å². The molecule has 1 aromatic carbocycles. The number of benzene rings is 1. The van der Waals surface area contributed by atoms with Crippen LogP contribution < -0.4 is 5.19 Å². The summed E-state index contributed by atoms with van der Waals surface area (Å²) in [7, 11) is -1.75. The molecule has 17 heavy (non-hydrogen) atoms. The molecule has 3 heteroatoms. The van der Waals surface area contributed by atoms with Gasteiger partial charge in [-0.25, -0.2) is 0 Å². The van der Waals surface area contributed by atoms with E-state index < -0.39 is 8.07 Å². The second kappa shape index (κ2) is 5.69. The molecule has 0 bridgehead atoms. The molecule has 0 unspecified atom stereocenters. The van der Waals surface area contributed by atoms with E-state index in [9.17, 15) is 4.79 Å². The van der Waals surface area contributed by atoms with Crippen LogP contribution in [-0.2, 0) is 9.53 Å². The first-order valence-electron chi connectivity index (χ1n) is 5.67. The summed E-state index contributed by atoms with van der Waals surface area (Å²) in [5.41, 5.74) is 3.29. The molecule has 0 saturated heterocycles. The Kier molecular flexibility index (Phi) is 4.53. The molecule has 2 nitrogen and oxygen atoms in total. The molecule has 1 rings (SSSR count). The molecule has 0 aliphatic rings. The monoisotopic (exact) mass is 246 g/mol. The summed E-state index contributed by atoms with van der Waals surface area (Å²) in [6.45, 7) is 7.58. The van der Waals surface area contributed by atoms with Gasteiger partial charge < -0.3 is 4.74 Å². The van der Waals surface area contributed by atoms with E-state index >= 15 is 0 Å². The highest BCUT2D eigenvalue weighted by Crippen LogP contribution is 2.02. The van der Waals surface area contributed by atoms with Gasteiger partial charge in [0.1, 0.15) is 0 Å². The highest BCUT2D eigenvalue weighted by atomic mass is 28.3. The van der Waals surface area contributed by atoms with Crippen molar-refractivity contribution < 1.29 is 9.53 Å². The Hall–Kier alpha value is -1.53. The Labute approximate surface area is 104 Å². The highest BCUT2D eigenvalue weighted by molar-refractivity contribution is 6.96. The van der Waals surface area contributed by atoms with Crippen LogP contribution in [0.4, 0.5) is 0 Å². The van der Waals surface area contributed by atoms with E-state index in [1.807, 2.05) is 18.2 Å². The maximum absolute atomic E-state index is 10.8. The van der Waals surface area contributed by atoms with Crippen molar-refractivity contribution in [2.45, 2.75) is 33.0 Å². The topological polar surface area (TPSA) is 26.3 Å². The summed E-state index contributed by atoms with van der Waals surface area (Å²) < 4.78 is 4.99. The van der Waals surface area contributed by atoms with Crippen molar-refractivity contribution in [1.82, 2.24) is 0 Å². The zero-order valence-corrected chi connectivity index (χ0v) is 11.8. The molecule has 0 aromatic heterocycles. The van der Waals surface area contributed by atoms with Crippen molar-refractivity contribution in [3.63, 3.8) is 0 Å². The Bertz CT molecular complexity index is 440. The van der Waals surface area contributed by atoms with E-state index in [0.29, 0.717) is 0 Å². The lowest BCUT2D eigenvalue weighted by Gasteiger charge is -2.15. The Morgan fingerprint density at radius 1 is 1.29 bits per heavy atom. The van der Waals surface area contributed by atoms with E-state index in [-0.39, 0.29) is 12.1 Å². The number of ether oxygens (including phenoxy) is 1. The van der Waals surface area contributed by atoms with Gasteiger partial charge in [0, 0.05) is 6.92 Å². The largest absolute Gasteiger partial charge is 0.450 e. The second-order valence-electron chi connectivity index (χ2n) is 4.51. The van der Waals surface area contributed by atoms with Crippen molar-refractivity contribution >= 4 is 19.2 Å². The minimum absolute atomic E-state index is 0.286. The minimum Gasteiger partial charge on any atom is -0.450 e. The fourth-order valence-corrected chi connectivity index (χ4v) is 3.22. The maximum Gasteiger partial charge on any atom is 0.303 e. The first-order valence-corrected chi connectivity index (χ1v) is 8.67. The number of hydrogen-bond donors (Lipinski definition) is 0. The Morgan fingerprint density at radius 2 is 1.88 bits per heavy atom. The van der Waals surface area contributed by atoms with Gasteiger partial charge in [0.05, 0.1) is 0 Å². The lowest BCUT2D eigenvalue weighted by Crippen LogP contribution is -2.40. The molecular formula is C14H18O2Si. The van der Waals surface area contributed by atoms with Gasteiger partial charge in [-0.1, -0.05) is 49.3 Å². The third kappa shape index (κ3) is 4.45. The Balaban J connectivity index is 2.80. The summed E-state index contributed by atoms with van der Waals surface area (Å²) in [6.07, 6.45) is -0.331. The average molecular weight is 246 g/mol. The second-order valence-corrected chi connectivity index (χ2v) is 8.59. The molecule has 0 radical (unpaired) electrons. The zero-order valence-electron chi connectivity index (χ0n) is 10.8. The van der Waals surface area contributed by atoms with Gasteiger partial charge in [-0.05, 0) is 12.1 Å². The number of hydrogen-bond acceptors (Lipinski definition) is 2. The molecule has 1 atom stereocenters. The maximum atomic E-state index is 10.8. The van der Waals surface area contributed by atoms with Crippen LogP contribution in [0, 0.1) is 11.5 Å². The van der Waals surface area contributed by atoms with Gasteiger partial charge in [-0.15, -0.1) is 5.54 Å². The van der Waals surface area contributed by atoms with Gasteiger partial charge in [0.15, 0.2) is 14.2 Å². The lowest BCUT2D eigenvalue weighted by atomic mass is 10.4. The first-order chi connectivity index (χ1) is 7.92. The van der Waals surface area contributed by atoms with Crippen LogP contribution in [0.15, 0.2) is 30.3 Å². The summed E-state index contributed by atoms with van der Waals surface area (Å²) in [5.74, 6) is 2.74. The smallest absolute Gasteiger partial charge is 0.303 e. The third-order valence-electron chi connectivity index (χ3n) is 2.43. The number of carbonyl (C=O) groups is 1. The Morgan fingerprint density at radius 3 is 2.41 bits per heavy atom. The van der Waals surface area contributed by atoms with E-state index in [4.69, 9.17) is 4.74 Å². The van der Waals surface area contributed by atoms with Crippen LogP contribution in [0.5, 0.6) is 0 Å². The molecule has 1 aromatic rings. The van der Waals surface area contributed by atoms with E-state index in [1.165, 1.54) is 12.1 Å². The third-order valence-corrected chi connectivity index (χ3v) is 4.97. The molecular weight excluding hydrogens is 228 g/mol. The predicted octanol–water partition coefficient (Wildman–Crippen LogP) is 2.10. The van der Waals surface area contributed by atoms with Crippen molar-refractivity contribution in [1.29, 1.82) is 0 Å². The van der Waals surface area contributed by atoms with Crippen molar-refractivity contribution in [2.24, 2.45) is 0 Å². The molecule has 0 spiro atoms. The quantitative estimate of drug-likeness (QED) is 0.454. The molecule has 0 aliphatic carbocycles. The SMILES string of the molecule is CC(=O)O[C@@H](C)C#C[Si](C)(C)c1ccccc1. The lowest BCUT2D eigenvalue weighted by molar-refractivity contribution is -0.143. The number of carbonyl (C=O) groups excluding carboxylic acids is 1. The van der Waals surface area contributed by atoms with E-state index in [2.05, 4.69) is 36.7 Å². The molecule has 0 aliphatic heterocycles. The van der Waals surface area contributed by atoms with Crippen LogP contribution in [-0.4, -0.2) is 20.1 Å². The highest BCUT2D eigenvalue weighted by Gasteiger charge is 2.20. The normalized spacial score (nSPS) is 12.2. The zero-order chi connectivity index (χ0) is 12.9. The summed E-state index contributed by atoms with van der Waals surface area (Å²) in [6, 6.07) is 10.3. The van der Waals surface area contributed by atoms with E-state index in [1.54, 1.807) is 6.92 Å². The van der Waals surface area contributed by atoms with Crippen molar-refractivity contribution in [2.75, 3.05) is 0 Å². The van der Waals surface area contributed by atoms with Gasteiger partial charge in [0.2, 0.25) is 0 Å². The first kappa shape index (κ1) is 13.5. The standard InChI is InChI=1S/C14H18O2Si/c1-12(16-13(2)15)10-11-17(3,4)14-8-6-5-7-9-14/h5-9,12H,1-4H3/t12-/m0/s1. The molecule has 0 heterocycles. The van der Waals surface area contributed by atoms with Gasteiger partial charge in [-0.3, -0.25) is 4.79 Å². The average Bonchev–Trinajstić information content (AvgIpc) is 2.27. The molecule has 90 valence electrons. The van der Waals surface area contributed by atoms with Crippen LogP contribution in [0.25, 0.3) is 0 Å². The molecule has 0 saturated carbocycles. The summed E-state index contributed by atoms with van der Waals surface area (Å²) >= 11 is 0. The minimum atomic E-state index is -1.75. The number of rotatable bonds is 2. The van der Waals surface area contributed by atoms with Crippen LogP contribution in [0.3, 0.4) is 0 Å². The molecule has 0 amide bonds. The van der Waals surface area contributed by atoms with Crippen molar-refractivity contribution in [3.8, 4) is 11.5 Å². The number of esters is 1.